The largest absolute Gasteiger partial charge is 0.333 e. The number of carbonyl (C=O) groups excluding carboxylic acids is 2. The van der Waals surface area contributed by atoms with E-state index in [0.29, 0.717) is 12.4 Å². The number of amides is 3. The Bertz CT molecular complexity index is 980. The second-order valence-corrected chi connectivity index (χ2v) is 10.9. The number of benzene rings is 1. The van der Waals surface area contributed by atoms with Gasteiger partial charge in [-0.15, -0.1) is 0 Å². The summed E-state index contributed by atoms with van der Waals surface area (Å²) in [5.74, 6) is 0.352. The van der Waals surface area contributed by atoms with Crippen molar-refractivity contribution < 1.29 is 9.59 Å². The Balaban J connectivity index is 2.32. The summed E-state index contributed by atoms with van der Waals surface area (Å²) < 4.78 is 1.79. The molecular formula is C26H41N5O2. The number of nitrogens with zero attached hydrogens (tertiary/aromatic N) is 3. The molecule has 0 saturated carbocycles. The Kier molecular flexibility index (Phi) is 8.33. The van der Waals surface area contributed by atoms with Crippen molar-refractivity contribution in [1.29, 1.82) is 0 Å². The Morgan fingerprint density at radius 3 is 2.27 bits per heavy atom. The van der Waals surface area contributed by atoms with Gasteiger partial charge in [-0.1, -0.05) is 51.8 Å². The van der Waals surface area contributed by atoms with E-state index in [0.717, 1.165) is 29.8 Å². The minimum absolute atomic E-state index is 0.0230. The topological polar surface area (TPSA) is 79.3 Å². The molecule has 1 aromatic carbocycles. The molecule has 2 N–H and O–H groups in total. The summed E-state index contributed by atoms with van der Waals surface area (Å²) >= 11 is 0. The molecule has 0 radical (unpaired) electrons. The molecule has 0 unspecified atom stereocenters. The molecule has 0 spiro atoms. The number of urea groups is 1. The third-order valence-corrected chi connectivity index (χ3v) is 5.21. The van der Waals surface area contributed by atoms with Gasteiger partial charge < -0.3 is 15.5 Å². The molecule has 1 aromatic heterocycles. The number of unbranched alkanes of at least 4 members (excludes halogenated alkanes) is 1. The predicted molar refractivity (Wildman–Crippen MR) is 135 cm³/mol. The van der Waals surface area contributed by atoms with Gasteiger partial charge in [0.05, 0.1) is 11.4 Å². The van der Waals surface area contributed by atoms with Crippen molar-refractivity contribution in [2.75, 3.05) is 18.4 Å². The number of nitrogens with one attached hydrogen (secondary N) is 2. The standard InChI is InChI=1S/C26H41N5O2/c1-10-11-14-30(24(33)28-26(7,8)9)17-23(32)27-22-16-21(25(4,5)6)29-31(22)20-13-12-18(2)15-19(20)3/h12-13,15-16H,10-11,14,17H2,1-9H3,(H,27,32)(H,28,33). The number of carbonyl (C=O) groups is 2. The number of hydrogen-bond donors (Lipinski definition) is 2. The van der Waals surface area contributed by atoms with Gasteiger partial charge in [0.2, 0.25) is 5.91 Å². The predicted octanol–water partition coefficient (Wildman–Crippen LogP) is 5.34. The molecule has 0 bridgehead atoms. The van der Waals surface area contributed by atoms with Crippen molar-refractivity contribution in [3.05, 3.63) is 41.1 Å². The van der Waals surface area contributed by atoms with Crippen molar-refractivity contribution in [2.24, 2.45) is 0 Å². The number of aryl methyl sites for hydroxylation is 2. The van der Waals surface area contributed by atoms with E-state index >= 15 is 0 Å². The molecule has 0 fully saturated rings. The maximum atomic E-state index is 13.1. The van der Waals surface area contributed by atoms with Gasteiger partial charge in [0.25, 0.3) is 0 Å². The van der Waals surface area contributed by atoms with Crippen LogP contribution in [-0.2, 0) is 10.2 Å². The van der Waals surface area contributed by atoms with E-state index in [1.54, 1.807) is 9.58 Å². The normalized spacial score (nSPS) is 11.9. The van der Waals surface area contributed by atoms with Gasteiger partial charge in [0.1, 0.15) is 12.4 Å². The van der Waals surface area contributed by atoms with Crippen molar-refractivity contribution in [3.8, 4) is 5.69 Å². The minimum Gasteiger partial charge on any atom is -0.333 e. The van der Waals surface area contributed by atoms with Gasteiger partial charge in [0.15, 0.2) is 0 Å². The van der Waals surface area contributed by atoms with E-state index in [1.165, 1.54) is 5.56 Å². The molecule has 0 aliphatic heterocycles. The molecule has 1 heterocycles. The van der Waals surface area contributed by atoms with Crippen molar-refractivity contribution >= 4 is 17.8 Å². The van der Waals surface area contributed by atoms with Gasteiger partial charge in [-0.3, -0.25) is 4.79 Å². The molecule has 2 aromatic rings. The van der Waals surface area contributed by atoms with Crippen LogP contribution in [0.2, 0.25) is 0 Å². The highest BCUT2D eigenvalue weighted by molar-refractivity contribution is 5.94. The first-order valence-electron chi connectivity index (χ1n) is 11.8. The van der Waals surface area contributed by atoms with Crippen LogP contribution >= 0.6 is 0 Å². The maximum absolute atomic E-state index is 13.1. The van der Waals surface area contributed by atoms with Crippen LogP contribution in [0.1, 0.15) is 78.1 Å². The summed E-state index contributed by atoms with van der Waals surface area (Å²) in [7, 11) is 0. The molecule has 7 heteroatoms. The van der Waals surface area contributed by atoms with E-state index in [-0.39, 0.29) is 29.4 Å². The third kappa shape index (κ3) is 7.62. The van der Waals surface area contributed by atoms with Crippen LogP contribution in [0.25, 0.3) is 5.69 Å². The summed E-state index contributed by atoms with van der Waals surface area (Å²) in [5, 5.41) is 10.8. The quantitative estimate of drug-likeness (QED) is 0.592. The van der Waals surface area contributed by atoms with Crippen molar-refractivity contribution in [1.82, 2.24) is 20.0 Å². The number of hydrogen-bond acceptors (Lipinski definition) is 3. The van der Waals surface area contributed by atoms with Gasteiger partial charge in [-0.25, -0.2) is 9.48 Å². The highest BCUT2D eigenvalue weighted by Gasteiger charge is 2.24. The fraction of sp³-hybridized carbons (Fsp3) is 0.577. The van der Waals surface area contributed by atoms with Crippen LogP contribution in [0.5, 0.6) is 0 Å². The van der Waals surface area contributed by atoms with E-state index < -0.39 is 0 Å². The first kappa shape index (κ1) is 26.4. The summed E-state index contributed by atoms with van der Waals surface area (Å²) in [5.41, 5.74) is 3.49. The Morgan fingerprint density at radius 2 is 1.73 bits per heavy atom. The van der Waals surface area contributed by atoms with Gasteiger partial charge in [-0.2, -0.15) is 5.10 Å². The van der Waals surface area contributed by atoms with E-state index in [1.807, 2.05) is 45.9 Å². The SMILES string of the molecule is CCCCN(CC(=O)Nc1cc(C(C)(C)C)nn1-c1ccc(C)cc1C)C(=O)NC(C)(C)C. The van der Waals surface area contributed by atoms with Crippen LogP contribution in [0.3, 0.4) is 0 Å². The van der Waals surface area contributed by atoms with E-state index in [9.17, 15) is 9.59 Å². The Hall–Kier alpha value is -2.83. The van der Waals surface area contributed by atoms with Crippen LogP contribution in [0, 0.1) is 13.8 Å². The zero-order valence-corrected chi connectivity index (χ0v) is 21.8. The lowest BCUT2D eigenvalue weighted by atomic mass is 9.92. The first-order chi connectivity index (χ1) is 15.2. The van der Waals surface area contributed by atoms with Crippen molar-refractivity contribution in [2.45, 2.75) is 86.1 Å². The van der Waals surface area contributed by atoms with Crippen LogP contribution in [0.15, 0.2) is 24.3 Å². The Labute approximate surface area is 198 Å². The fourth-order valence-corrected chi connectivity index (χ4v) is 3.42. The lowest BCUT2D eigenvalue weighted by Gasteiger charge is -2.28. The zero-order valence-electron chi connectivity index (χ0n) is 21.8. The molecule has 182 valence electrons. The lowest BCUT2D eigenvalue weighted by molar-refractivity contribution is -0.116. The fourth-order valence-electron chi connectivity index (χ4n) is 3.42. The molecule has 0 aliphatic carbocycles. The van der Waals surface area contributed by atoms with Crippen LogP contribution in [0.4, 0.5) is 10.6 Å². The van der Waals surface area contributed by atoms with Crippen molar-refractivity contribution in [3.63, 3.8) is 0 Å². The first-order valence-corrected chi connectivity index (χ1v) is 11.8. The minimum atomic E-state index is -0.374. The molecule has 2 rings (SSSR count). The summed E-state index contributed by atoms with van der Waals surface area (Å²) in [6, 6.07) is 7.84. The van der Waals surface area contributed by atoms with Gasteiger partial charge in [0, 0.05) is 23.6 Å². The smallest absolute Gasteiger partial charge is 0.318 e. The lowest BCUT2D eigenvalue weighted by Crippen LogP contribution is -2.50. The number of anilines is 1. The molecule has 0 saturated heterocycles. The highest BCUT2D eigenvalue weighted by Crippen LogP contribution is 2.27. The second kappa shape index (κ2) is 10.4. The summed E-state index contributed by atoms with van der Waals surface area (Å²) in [6.45, 7) is 18.7. The van der Waals surface area contributed by atoms with Crippen LogP contribution < -0.4 is 10.6 Å². The maximum Gasteiger partial charge on any atom is 0.318 e. The summed E-state index contributed by atoms with van der Waals surface area (Å²) in [6.07, 6.45) is 1.77. The number of rotatable bonds is 7. The molecule has 33 heavy (non-hydrogen) atoms. The Morgan fingerprint density at radius 1 is 1.06 bits per heavy atom. The zero-order chi connectivity index (χ0) is 25.0. The van der Waals surface area contributed by atoms with Crippen LogP contribution in [-0.4, -0.2) is 45.2 Å². The molecule has 0 atom stereocenters. The summed E-state index contributed by atoms with van der Waals surface area (Å²) in [4.78, 5) is 27.4. The number of aromatic nitrogens is 2. The monoisotopic (exact) mass is 455 g/mol. The molecule has 7 nitrogen and oxygen atoms in total. The van der Waals surface area contributed by atoms with E-state index in [4.69, 9.17) is 5.10 Å². The third-order valence-electron chi connectivity index (χ3n) is 5.21. The molecule has 3 amide bonds. The van der Waals surface area contributed by atoms with Gasteiger partial charge in [-0.05, 0) is 52.7 Å². The molecule has 0 aliphatic rings. The molecular weight excluding hydrogens is 414 g/mol. The van der Waals surface area contributed by atoms with Gasteiger partial charge >= 0.3 is 6.03 Å². The average Bonchev–Trinajstić information content (AvgIpc) is 3.07. The second-order valence-electron chi connectivity index (χ2n) is 10.9. The van der Waals surface area contributed by atoms with E-state index in [2.05, 4.69) is 51.3 Å². The highest BCUT2D eigenvalue weighted by atomic mass is 16.2. The average molecular weight is 456 g/mol.